The topological polar surface area (TPSA) is 48.5 Å². The van der Waals surface area contributed by atoms with Crippen molar-refractivity contribution in [2.75, 3.05) is 0 Å². The second-order valence-corrected chi connectivity index (χ2v) is 19.5. The summed E-state index contributed by atoms with van der Waals surface area (Å²) in [5.74, 6) is 0.653. The van der Waals surface area contributed by atoms with Crippen molar-refractivity contribution in [3.05, 3.63) is 200 Å². The highest BCUT2D eigenvalue weighted by molar-refractivity contribution is 7.30. The SMILES string of the molecule is c1ccc(-n2c3ccc4c(c5ccccc5n4-c4nccc([Si](c5ccccc5)(c5ccccc5)c5cccc6c5sc5ccccc56)n4)c3c3cccnc32)cc1. The first-order valence-electron chi connectivity index (χ1n) is 19.5. The van der Waals surface area contributed by atoms with Crippen molar-refractivity contribution in [2.45, 2.75) is 0 Å². The van der Waals surface area contributed by atoms with Gasteiger partial charge in [0.2, 0.25) is 14.0 Å². The average Bonchev–Trinajstić information content (AvgIpc) is 3.96. The summed E-state index contributed by atoms with van der Waals surface area (Å²) in [7, 11) is -3.09. The molecule has 0 bridgehead atoms. The molecule has 0 amide bonds. The molecule has 0 spiro atoms. The van der Waals surface area contributed by atoms with E-state index in [1.807, 2.05) is 29.8 Å². The van der Waals surface area contributed by atoms with Gasteiger partial charge in [0.15, 0.2) is 0 Å². The number of para-hydroxylation sites is 2. The fraction of sp³-hybridized carbons (Fsp3) is 0. The van der Waals surface area contributed by atoms with Gasteiger partial charge in [-0.25, -0.2) is 15.0 Å². The van der Waals surface area contributed by atoms with Gasteiger partial charge in [0.05, 0.1) is 16.6 Å². The van der Waals surface area contributed by atoms with Crippen molar-refractivity contribution in [1.29, 1.82) is 0 Å². The number of aromatic nitrogens is 5. The van der Waals surface area contributed by atoms with E-state index in [0.717, 1.165) is 44.0 Å². The van der Waals surface area contributed by atoms with Crippen LogP contribution in [0.25, 0.3) is 75.6 Å². The number of pyridine rings is 1. The fourth-order valence-corrected chi connectivity index (χ4v) is 15.8. The summed E-state index contributed by atoms with van der Waals surface area (Å²) in [4.78, 5) is 15.8. The van der Waals surface area contributed by atoms with Gasteiger partial charge in [-0.15, -0.1) is 11.3 Å². The number of rotatable bonds is 6. The lowest BCUT2D eigenvalue weighted by molar-refractivity contribution is 1.000. The minimum atomic E-state index is -3.09. The van der Waals surface area contributed by atoms with Gasteiger partial charge in [-0.1, -0.05) is 133 Å². The average molecular weight is 776 g/mol. The van der Waals surface area contributed by atoms with Crippen LogP contribution in [0, 0.1) is 0 Å². The van der Waals surface area contributed by atoms with Crippen molar-refractivity contribution in [3.63, 3.8) is 0 Å². The Kier molecular flexibility index (Phi) is 7.35. The van der Waals surface area contributed by atoms with E-state index < -0.39 is 8.07 Å². The highest BCUT2D eigenvalue weighted by atomic mass is 32.1. The maximum Gasteiger partial charge on any atom is 0.234 e. The molecule has 58 heavy (non-hydrogen) atoms. The van der Waals surface area contributed by atoms with Crippen molar-refractivity contribution in [1.82, 2.24) is 24.1 Å². The first-order chi connectivity index (χ1) is 28.8. The molecule has 0 aliphatic rings. The Bertz CT molecular complexity index is 3480. The quantitative estimate of drug-likeness (QED) is 0.125. The third-order valence-electron chi connectivity index (χ3n) is 11.8. The van der Waals surface area contributed by atoms with Gasteiger partial charge < -0.3 is 0 Å². The molecule has 12 rings (SSSR count). The highest BCUT2D eigenvalue weighted by Crippen LogP contribution is 2.41. The normalized spacial score (nSPS) is 12.1. The lowest BCUT2D eigenvalue weighted by Gasteiger charge is -2.33. The van der Waals surface area contributed by atoms with Crippen molar-refractivity contribution < 1.29 is 0 Å². The molecule has 0 N–H and O–H groups in total. The van der Waals surface area contributed by atoms with E-state index in [2.05, 4.69) is 191 Å². The van der Waals surface area contributed by atoms with E-state index in [9.17, 15) is 0 Å². The zero-order valence-corrected chi connectivity index (χ0v) is 33.0. The zero-order chi connectivity index (χ0) is 38.2. The molecule has 0 aliphatic heterocycles. The molecular formula is C51H33N5SSi. The van der Waals surface area contributed by atoms with Crippen molar-refractivity contribution in [3.8, 4) is 11.6 Å². The highest BCUT2D eigenvalue weighted by Gasteiger charge is 2.45. The number of hydrogen-bond donors (Lipinski definition) is 0. The molecule has 0 saturated carbocycles. The second-order valence-electron chi connectivity index (χ2n) is 14.8. The van der Waals surface area contributed by atoms with Crippen LogP contribution in [0.3, 0.4) is 0 Å². The second kappa shape index (κ2) is 12.9. The largest absolute Gasteiger partial charge is 0.294 e. The Morgan fingerprint density at radius 1 is 0.431 bits per heavy atom. The van der Waals surface area contributed by atoms with Crippen LogP contribution >= 0.6 is 11.3 Å². The molecule has 0 atom stereocenters. The Balaban J connectivity index is 1.19. The number of nitrogens with zero attached hydrogens (tertiary/aromatic N) is 5. The summed E-state index contributed by atoms with van der Waals surface area (Å²) >= 11 is 1.89. The van der Waals surface area contributed by atoms with Crippen molar-refractivity contribution in [2.24, 2.45) is 0 Å². The maximum absolute atomic E-state index is 5.77. The van der Waals surface area contributed by atoms with Crippen LogP contribution in [0.1, 0.15) is 0 Å². The van der Waals surface area contributed by atoms with Crippen molar-refractivity contribution >= 4 is 104 Å². The molecule has 0 unspecified atom stereocenters. The summed E-state index contributed by atoms with van der Waals surface area (Å²) in [6.07, 6.45) is 3.86. The monoisotopic (exact) mass is 775 g/mol. The Morgan fingerprint density at radius 3 is 1.83 bits per heavy atom. The number of hydrogen-bond acceptors (Lipinski definition) is 4. The molecule has 5 nitrogen and oxygen atoms in total. The van der Waals surface area contributed by atoms with E-state index in [1.54, 1.807) is 0 Å². The summed E-state index contributed by atoms with van der Waals surface area (Å²) in [6, 6.07) is 67.9. The number of benzene rings is 7. The van der Waals surface area contributed by atoms with E-state index in [4.69, 9.17) is 15.0 Å². The maximum atomic E-state index is 5.77. The third-order valence-corrected chi connectivity index (χ3v) is 17.9. The zero-order valence-electron chi connectivity index (χ0n) is 31.2. The standard InChI is InChI=1S/C51H33N5SSi/c1-4-16-34(17-5-1)55-42-29-30-43-47(48(42)40-25-15-32-52-50(40)55)39-23-10-12-26-41(39)56(43)51-53-33-31-46(54-51)58(35-18-6-2-7-19-35,36-20-8-3-9-21-36)45-28-14-24-38-37-22-11-13-27-44(37)57-49(38)45/h1-33H. The Morgan fingerprint density at radius 2 is 1.05 bits per heavy atom. The summed E-state index contributed by atoms with van der Waals surface area (Å²) in [5, 5.41) is 12.1. The minimum Gasteiger partial charge on any atom is -0.294 e. The first kappa shape index (κ1) is 33.0. The Labute approximate surface area is 338 Å². The molecule has 0 aliphatic carbocycles. The molecule has 12 aromatic rings. The predicted octanol–water partition coefficient (Wildman–Crippen LogP) is 9.81. The van der Waals surface area contributed by atoms with Crippen LogP contribution in [-0.2, 0) is 0 Å². The lowest BCUT2D eigenvalue weighted by Crippen LogP contribution is -2.75. The van der Waals surface area contributed by atoms with Gasteiger partial charge in [0.1, 0.15) is 5.65 Å². The molecule has 0 fully saturated rings. The summed E-state index contributed by atoms with van der Waals surface area (Å²) < 4.78 is 7.15. The molecule has 7 aromatic carbocycles. The minimum absolute atomic E-state index is 0.653. The van der Waals surface area contributed by atoms with Crippen LogP contribution in [0.2, 0.25) is 0 Å². The van der Waals surface area contributed by atoms with Crippen LogP contribution in [0.15, 0.2) is 200 Å². The number of fused-ring (bicyclic) bond motifs is 10. The molecule has 5 aromatic heterocycles. The number of thiophene rings is 1. The smallest absolute Gasteiger partial charge is 0.234 e. The molecule has 0 saturated heterocycles. The fourth-order valence-electron chi connectivity index (χ4n) is 9.44. The van der Waals surface area contributed by atoms with Gasteiger partial charge in [0.25, 0.3) is 0 Å². The first-order valence-corrected chi connectivity index (χ1v) is 22.3. The van der Waals surface area contributed by atoms with Gasteiger partial charge in [-0.3, -0.25) is 9.13 Å². The summed E-state index contributed by atoms with van der Waals surface area (Å²) in [5.41, 5.74) is 5.24. The van der Waals surface area contributed by atoms with Gasteiger partial charge in [0, 0.05) is 65.1 Å². The van der Waals surface area contributed by atoms with E-state index in [0.29, 0.717) is 5.95 Å². The van der Waals surface area contributed by atoms with Crippen LogP contribution in [-0.4, -0.2) is 32.2 Å². The van der Waals surface area contributed by atoms with Gasteiger partial charge in [-0.05, 0) is 70.2 Å². The predicted molar refractivity (Wildman–Crippen MR) is 245 cm³/mol. The Hall–Kier alpha value is -7.19. The van der Waals surface area contributed by atoms with Gasteiger partial charge in [-0.2, -0.15) is 0 Å². The third kappa shape index (κ3) is 4.65. The molecule has 5 heterocycles. The van der Waals surface area contributed by atoms with Crippen LogP contribution in [0.5, 0.6) is 0 Å². The molecule has 7 heteroatoms. The molecular weight excluding hydrogens is 743 g/mol. The van der Waals surface area contributed by atoms with E-state index >= 15 is 0 Å². The lowest BCUT2D eigenvalue weighted by atomic mass is 10.1. The van der Waals surface area contributed by atoms with Crippen LogP contribution in [0.4, 0.5) is 0 Å². The van der Waals surface area contributed by atoms with E-state index in [-0.39, 0.29) is 0 Å². The summed E-state index contributed by atoms with van der Waals surface area (Å²) in [6.45, 7) is 0. The van der Waals surface area contributed by atoms with E-state index in [1.165, 1.54) is 46.5 Å². The van der Waals surface area contributed by atoms with Gasteiger partial charge >= 0.3 is 0 Å². The molecule has 272 valence electrons. The van der Waals surface area contributed by atoms with Crippen LogP contribution < -0.4 is 20.9 Å². The molecule has 0 radical (unpaired) electrons.